The van der Waals surface area contributed by atoms with Gasteiger partial charge in [-0.15, -0.1) is 0 Å². The molecule has 2 heterocycles. The average molecular weight is 467 g/mol. The van der Waals surface area contributed by atoms with E-state index in [0.29, 0.717) is 24.9 Å². The van der Waals surface area contributed by atoms with E-state index in [-0.39, 0.29) is 11.4 Å². The molecule has 0 aliphatic carbocycles. The van der Waals surface area contributed by atoms with Crippen molar-refractivity contribution >= 4 is 28.6 Å². The number of anilines is 2. The van der Waals surface area contributed by atoms with Crippen LogP contribution in [0.3, 0.4) is 0 Å². The molecule has 3 rings (SSSR count). The number of ether oxygens (including phenoxy) is 2. The van der Waals surface area contributed by atoms with Gasteiger partial charge in [-0.1, -0.05) is 19.8 Å². The third-order valence-electron chi connectivity index (χ3n) is 5.66. The van der Waals surface area contributed by atoms with E-state index in [1.54, 1.807) is 26.6 Å². The standard InChI is InChI=1S/C25H34N6O3/c1-6-7-11-25(3,16-28-17(2)32)31-23-20-10-12-26-15-21(20)29-24(30-23)27-14-18-8-9-19(33-4)13-22(18)34-5/h8-10,12-13,15H,6-7,11,14,16H2,1-5H3,(H,28,32)(H2,27,29,30,31)/t25-/m1/s1. The summed E-state index contributed by atoms with van der Waals surface area (Å²) in [5.41, 5.74) is 1.30. The van der Waals surface area contributed by atoms with Gasteiger partial charge in [0.25, 0.3) is 0 Å². The number of nitrogens with one attached hydrogen (secondary N) is 3. The number of unbranched alkanes of at least 4 members (excludes halogenated alkanes) is 1. The fraction of sp³-hybridized carbons (Fsp3) is 0.440. The first-order chi connectivity index (χ1) is 16.4. The van der Waals surface area contributed by atoms with E-state index in [1.165, 1.54) is 6.92 Å². The molecule has 2 aromatic heterocycles. The maximum Gasteiger partial charge on any atom is 0.225 e. The highest BCUT2D eigenvalue weighted by Crippen LogP contribution is 2.28. The van der Waals surface area contributed by atoms with Gasteiger partial charge in [-0.2, -0.15) is 4.98 Å². The van der Waals surface area contributed by atoms with Gasteiger partial charge in [0.15, 0.2) is 0 Å². The van der Waals surface area contributed by atoms with Crippen molar-refractivity contribution in [1.29, 1.82) is 0 Å². The quantitative estimate of drug-likeness (QED) is 0.365. The largest absolute Gasteiger partial charge is 0.497 e. The molecule has 1 aromatic carbocycles. The number of carbonyl (C=O) groups is 1. The Balaban J connectivity index is 1.89. The molecule has 3 aromatic rings. The maximum absolute atomic E-state index is 11.6. The van der Waals surface area contributed by atoms with Crippen LogP contribution in [-0.2, 0) is 11.3 Å². The molecule has 182 valence electrons. The SMILES string of the molecule is CCCC[C@](C)(CNC(C)=O)Nc1nc(NCc2ccc(OC)cc2OC)nc2cnccc12. The van der Waals surface area contributed by atoms with Crippen molar-refractivity contribution < 1.29 is 14.3 Å². The lowest BCUT2D eigenvalue weighted by Crippen LogP contribution is -2.46. The number of nitrogens with zero attached hydrogens (tertiary/aromatic N) is 3. The molecule has 0 fully saturated rings. The van der Waals surface area contributed by atoms with Gasteiger partial charge < -0.3 is 25.4 Å². The second-order valence-corrected chi connectivity index (χ2v) is 8.52. The molecule has 0 aliphatic heterocycles. The molecule has 1 amide bonds. The fourth-order valence-corrected chi connectivity index (χ4v) is 3.69. The summed E-state index contributed by atoms with van der Waals surface area (Å²) in [4.78, 5) is 25.3. The van der Waals surface area contributed by atoms with Crippen molar-refractivity contribution in [3.05, 3.63) is 42.2 Å². The molecule has 1 atom stereocenters. The minimum absolute atomic E-state index is 0.0583. The monoisotopic (exact) mass is 466 g/mol. The first-order valence-corrected chi connectivity index (χ1v) is 11.5. The smallest absolute Gasteiger partial charge is 0.225 e. The van der Waals surface area contributed by atoms with Crippen LogP contribution in [0.25, 0.3) is 10.9 Å². The molecule has 0 aliphatic rings. The first kappa shape index (κ1) is 25.0. The van der Waals surface area contributed by atoms with Crippen molar-refractivity contribution in [2.75, 3.05) is 31.4 Å². The van der Waals surface area contributed by atoms with Crippen LogP contribution in [0.2, 0.25) is 0 Å². The number of hydrogen-bond donors (Lipinski definition) is 3. The van der Waals surface area contributed by atoms with E-state index in [2.05, 4.69) is 39.8 Å². The fourth-order valence-electron chi connectivity index (χ4n) is 3.69. The van der Waals surface area contributed by atoms with Crippen LogP contribution in [0.4, 0.5) is 11.8 Å². The van der Waals surface area contributed by atoms with Gasteiger partial charge in [0.2, 0.25) is 11.9 Å². The van der Waals surface area contributed by atoms with Crippen LogP contribution < -0.4 is 25.4 Å². The highest BCUT2D eigenvalue weighted by Gasteiger charge is 2.26. The van der Waals surface area contributed by atoms with Crippen LogP contribution in [0.1, 0.15) is 45.6 Å². The summed E-state index contributed by atoms with van der Waals surface area (Å²) in [6.07, 6.45) is 6.41. The summed E-state index contributed by atoms with van der Waals surface area (Å²) < 4.78 is 10.8. The lowest BCUT2D eigenvalue weighted by molar-refractivity contribution is -0.119. The molecule has 0 unspecified atom stereocenters. The predicted octanol–water partition coefficient (Wildman–Crippen LogP) is 4.15. The Bertz CT molecular complexity index is 1120. The highest BCUT2D eigenvalue weighted by atomic mass is 16.5. The van der Waals surface area contributed by atoms with Crippen molar-refractivity contribution in [2.24, 2.45) is 0 Å². The van der Waals surface area contributed by atoms with Crippen molar-refractivity contribution in [3.63, 3.8) is 0 Å². The number of hydrogen-bond acceptors (Lipinski definition) is 8. The number of benzene rings is 1. The third kappa shape index (κ3) is 6.46. The molecule has 3 N–H and O–H groups in total. The maximum atomic E-state index is 11.6. The molecule has 0 saturated carbocycles. The predicted molar refractivity (Wildman–Crippen MR) is 134 cm³/mol. The number of rotatable bonds is 12. The molecule has 0 bridgehead atoms. The Labute approximate surface area is 200 Å². The zero-order valence-corrected chi connectivity index (χ0v) is 20.6. The minimum Gasteiger partial charge on any atom is -0.497 e. The molecule has 0 saturated heterocycles. The minimum atomic E-state index is -0.372. The van der Waals surface area contributed by atoms with Gasteiger partial charge in [0.1, 0.15) is 17.3 Å². The summed E-state index contributed by atoms with van der Waals surface area (Å²) in [5, 5.41) is 10.7. The Morgan fingerprint density at radius 3 is 2.68 bits per heavy atom. The topological polar surface area (TPSA) is 110 Å². The molecule has 0 spiro atoms. The summed E-state index contributed by atoms with van der Waals surface area (Å²) >= 11 is 0. The molecule has 9 nitrogen and oxygen atoms in total. The summed E-state index contributed by atoms with van der Waals surface area (Å²) in [5.74, 6) is 2.55. The second kappa shape index (κ2) is 11.5. The average Bonchev–Trinajstić information content (AvgIpc) is 2.85. The summed E-state index contributed by atoms with van der Waals surface area (Å²) in [6.45, 7) is 6.74. The Hall–Kier alpha value is -3.62. The van der Waals surface area contributed by atoms with E-state index in [1.807, 2.05) is 24.3 Å². The number of carbonyl (C=O) groups excluding carboxylic acids is 1. The summed E-state index contributed by atoms with van der Waals surface area (Å²) in [7, 11) is 3.25. The van der Waals surface area contributed by atoms with Gasteiger partial charge in [-0.05, 0) is 31.5 Å². The van der Waals surface area contributed by atoms with Crippen LogP contribution in [0, 0.1) is 0 Å². The van der Waals surface area contributed by atoms with Gasteiger partial charge in [-0.3, -0.25) is 9.78 Å². The number of fused-ring (bicyclic) bond motifs is 1. The van der Waals surface area contributed by atoms with E-state index in [4.69, 9.17) is 14.5 Å². The zero-order valence-electron chi connectivity index (χ0n) is 20.6. The van der Waals surface area contributed by atoms with E-state index < -0.39 is 0 Å². The van der Waals surface area contributed by atoms with Crippen molar-refractivity contribution in [3.8, 4) is 11.5 Å². The van der Waals surface area contributed by atoms with Gasteiger partial charge >= 0.3 is 0 Å². The number of amides is 1. The first-order valence-electron chi connectivity index (χ1n) is 11.5. The molecule has 34 heavy (non-hydrogen) atoms. The van der Waals surface area contributed by atoms with E-state index in [0.717, 1.165) is 47.2 Å². The van der Waals surface area contributed by atoms with Gasteiger partial charge in [0.05, 0.1) is 31.5 Å². The van der Waals surface area contributed by atoms with Crippen LogP contribution in [0.5, 0.6) is 11.5 Å². The van der Waals surface area contributed by atoms with E-state index >= 15 is 0 Å². The zero-order chi connectivity index (χ0) is 24.6. The van der Waals surface area contributed by atoms with E-state index in [9.17, 15) is 4.79 Å². The summed E-state index contributed by atoms with van der Waals surface area (Å²) in [6, 6.07) is 7.57. The second-order valence-electron chi connectivity index (χ2n) is 8.52. The number of methoxy groups -OCH3 is 2. The van der Waals surface area contributed by atoms with Crippen LogP contribution in [0.15, 0.2) is 36.7 Å². The molecule has 9 heteroatoms. The Morgan fingerprint density at radius 1 is 1.15 bits per heavy atom. The Morgan fingerprint density at radius 2 is 1.97 bits per heavy atom. The van der Waals surface area contributed by atoms with Crippen LogP contribution >= 0.6 is 0 Å². The van der Waals surface area contributed by atoms with Gasteiger partial charge in [0, 0.05) is 43.2 Å². The van der Waals surface area contributed by atoms with Crippen LogP contribution in [-0.4, -0.2) is 47.2 Å². The number of aromatic nitrogens is 3. The molecular formula is C25H34N6O3. The van der Waals surface area contributed by atoms with Crippen molar-refractivity contribution in [1.82, 2.24) is 20.3 Å². The molecule has 0 radical (unpaired) electrons. The number of pyridine rings is 1. The Kier molecular flexibility index (Phi) is 8.45. The highest BCUT2D eigenvalue weighted by molar-refractivity contribution is 5.89. The lowest BCUT2D eigenvalue weighted by Gasteiger charge is -2.32. The normalized spacial score (nSPS) is 12.6. The third-order valence-corrected chi connectivity index (χ3v) is 5.66. The lowest BCUT2D eigenvalue weighted by atomic mass is 9.94. The van der Waals surface area contributed by atoms with Gasteiger partial charge in [-0.25, -0.2) is 4.98 Å². The van der Waals surface area contributed by atoms with Crippen molar-refractivity contribution in [2.45, 2.75) is 52.1 Å². The molecular weight excluding hydrogens is 432 g/mol.